The molecule has 1 N–H and O–H groups in total. The van der Waals surface area contributed by atoms with Gasteiger partial charge in [-0.1, -0.05) is 0 Å². The molecule has 1 aromatic heterocycles. The molecule has 13 heavy (non-hydrogen) atoms. The number of aliphatic carboxylic acids is 1. The molecule has 0 aromatic carbocycles. The second kappa shape index (κ2) is 3.72. The van der Waals surface area contributed by atoms with E-state index in [2.05, 4.69) is 10.9 Å². The van der Waals surface area contributed by atoms with Crippen molar-refractivity contribution >= 4 is 5.97 Å². The summed E-state index contributed by atoms with van der Waals surface area (Å²) in [6.45, 7) is 3.76. The molecule has 0 aliphatic heterocycles. The number of aryl methyl sites for hydroxylation is 2. The monoisotopic (exact) mass is 175 g/mol. The van der Waals surface area contributed by atoms with Crippen LogP contribution in [-0.2, 0) is 4.79 Å². The first-order valence-corrected chi connectivity index (χ1v) is 3.78. The summed E-state index contributed by atoms with van der Waals surface area (Å²) in [4.78, 5) is 14.2. The zero-order valence-corrected chi connectivity index (χ0v) is 7.46. The quantitative estimate of drug-likeness (QED) is 0.601. The molecule has 3 nitrogen and oxygen atoms in total. The van der Waals surface area contributed by atoms with Crippen molar-refractivity contribution in [1.82, 2.24) is 4.98 Å². The Morgan fingerprint density at radius 1 is 1.46 bits per heavy atom. The highest BCUT2D eigenvalue weighted by Crippen LogP contribution is 2.02. The minimum atomic E-state index is -1.14. The van der Waals surface area contributed by atoms with Crippen LogP contribution in [0.3, 0.4) is 0 Å². The normalized spacial score (nSPS) is 8.77. The first-order chi connectivity index (χ1) is 6.08. The van der Waals surface area contributed by atoms with E-state index < -0.39 is 5.97 Å². The van der Waals surface area contributed by atoms with Gasteiger partial charge in [0.2, 0.25) is 0 Å². The lowest BCUT2D eigenvalue weighted by molar-refractivity contribution is -0.130. The maximum Gasteiger partial charge on any atom is 0.382 e. The third-order valence-electron chi connectivity index (χ3n) is 1.40. The van der Waals surface area contributed by atoms with Crippen LogP contribution in [0.25, 0.3) is 0 Å². The molecule has 1 heterocycles. The van der Waals surface area contributed by atoms with Crippen molar-refractivity contribution in [3.8, 4) is 11.8 Å². The van der Waals surface area contributed by atoms with Crippen LogP contribution in [0.2, 0.25) is 0 Å². The molecule has 0 aliphatic rings. The number of pyridine rings is 1. The number of hydrogen-bond acceptors (Lipinski definition) is 2. The number of carboxylic acid groups (broad SMARTS) is 1. The van der Waals surface area contributed by atoms with Gasteiger partial charge in [-0.2, -0.15) is 0 Å². The van der Waals surface area contributed by atoms with Crippen LogP contribution in [-0.4, -0.2) is 16.1 Å². The van der Waals surface area contributed by atoms with Gasteiger partial charge >= 0.3 is 5.97 Å². The number of carbonyl (C=O) groups is 1. The fourth-order valence-corrected chi connectivity index (χ4v) is 1.02. The SMILES string of the molecule is Cc1cc(C)nc(C#CC(=O)O)c1. The molecule has 0 unspecified atom stereocenters. The van der Waals surface area contributed by atoms with Crippen LogP contribution < -0.4 is 0 Å². The minimum absolute atomic E-state index is 0.500. The van der Waals surface area contributed by atoms with Crippen molar-refractivity contribution < 1.29 is 9.90 Å². The van der Waals surface area contributed by atoms with Crippen molar-refractivity contribution in [3.63, 3.8) is 0 Å². The number of hydrogen-bond donors (Lipinski definition) is 1. The maximum absolute atomic E-state index is 10.1. The Kier molecular flexibility index (Phi) is 2.65. The lowest BCUT2D eigenvalue weighted by Gasteiger charge is -1.95. The Labute approximate surface area is 76.4 Å². The second-order valence-electron chi connectivity index (χ2n) is 2.73. The van der Waals surface area contributed by atoms with Crippen LogP contribution in [0, 0.1) is 25.7 Å². The van der Waals surface area contributed by atoms with E-state index in [9.17, 15) is 4.79 Å². The summed E-state index contributed by atoms with van der Waals surface area (Å²) < 4.78 is 0. The summed E-state index contributed by atoms with van der Waals surface area (Å²) in [6, 6.07) is 3.66. The number of aromatic nitrogens is 1. The first-order valence-electron chi connectivity index (χ1n) is 3.78. The highest BCUT2D eigenvalue weighted by molar-refractivity contribution is 5.87. The molecule has 0 aliphatic carbocycles. The van der Waals surface area contributed by atoms with Crippen molar-refractivity contribution in [2.75, 3.05) is 0 Å². The van der Waals surface area contributed by atoms with Gasteiger partial charge in [-0.15, -0.1) is 0 Å². The molecule has 0 bridgehead atoms. The summed E-state index contributed by atoms with van der Waals surface area (Å²) >= 11 is 0. The zero-order valence-electron chi connectivity index (χ0n) is 7.46. The highest BCUT2D eigenvalue weighted by atomic mass is 16.4. The molecule has 0 fully saturated rings. The smallest absolute Gasteiger partial charge is 0.382 e. The van der Waals surface area contributed by atoms with Crippen molar-refractivity contribution in [1.29, 1.82) is 0 Å². The van der Waals surface area contributed by atoms with Crippen LogP contribution in [0.15, 0.2) is 12.1 Å². The van der Waals surface area contributed by atoms with E-state index in [0.717, 1.165) is 11.3 Å². The van der Waals surface area contributed by atoms with E-state index in [4.69, 9.17) is 5.11 Å². The van der Waals surface area contributed by atoms with Crippen molar-refractivity contribution in [2.24, 2.45) is 0 Å². The molecule has 1 aromatic rings. The summed E-state index contributed by atoms with van der Waals surface area (Å²) in [7, 11) is 0. The molecular formula is C10H9NO2. The first kappa shape index (κ1) is 9.27. The number of rotatable bonds is 0. The fraction of sp³-hybridized carbons (Fsp3) is 0.200. The zero-order chi connectivity index (χ0) is 9.84. The molecule has 66 valence electrons. The van der Waals surface area contributed by atoms with E-state index in [1.807, 2.05) is 25.8 Å². The molecule has 0 saturated heterocycles. The van der Waals surface area contributed by atoms with Gasteiger partial charge in [-0.3, -0.25) is 0 Å². The Bertz CT molecular complexity index is 379. The van der Waals surface area contributed by atoms with Crippen LogP contribution in [0.4, 0.5) is 0 Å². The van der Waals surface area contributed by atoms with Crippen LogP contribution in [0.5, 0.6) is 0 Å². The fourth-order valence-electron chi connectivity index (χ4n) is 1.02. The summed E-state index contributed by atoms with van der Waals surface area (Å²) in [5.41, 5.74) is 2.37. The summed E-state index contributed by atoms with van der Waals surface area (Å²) in [5, 5.41) is 8.31. The summed E-state index contributed by atoms with van der Waals surface area (Å²) in [5.74, 6) is 3.35. The Morgan fingerprint density at radius 3 is 2.69 bits per heavy atom. The summed E-state index contributed by atoms with van der Waals surface area (Å²) in [6.07, 6.45) is 0. The van der Waals surface area contributed by atoms with E-state index in [-0.39, 0.29) is 0 Å². The Morgan fingerprint density at radius 2 is 2.15 bits per heavy atom. The van der Waals surface area contributed by atoms with E-state index in [0.29, 0.717) is 5.69 Å². The standard InChI is InChI=1S/C10H9NO2/c1-7-5-8(2)11-9(6-7)3-4-10(12)13/h5-6H,1-2H3,(H,12,13). The second-order valence-corrected chi connectivity index (χ2v) is 2.73. The minimum Gasteiger partial charge on any atom is -0.472 e. The lowest BCUT2D eigenvalue weighted by Crippen LogP contribution is -1.91. The molecule has 3 heteroatoms. The van der Waals surface area contributed by atoms with Crippen LogP contribution in [0.1, 0.15) is 17.0 Å². The maximum atomic E-state index is 10.1. The van der Waals surface area contributed by atoms with E-state index in [1.54, 1.807) is 6.07 Å². The highest BCUT2D eigenvalue weighted by Gasteiger charge is 1.93. The molecule has 0 spiro atoms. The molecule has 0 radical (unpaired) electrons. The van der Waals surface area contributed by atoms with Gasteiger partial charge in [0.1, 0.15) is 5.69 Å². The van der Waals surface area contributed by atoms with Gasteiger partial charge in [0.25, 0.3) is 0 Å². The molecule has 0 saturated carbocycles. The third-order valence-corrected chi connectivity index (χ3v) is 1.40. The van der Waals surface area contributed by atoms with Crippen molar-refractivity contribution in [2.45, 2.75) is 13.8 Å². The van der Waals surface area contributed by atoms with Gasteiger partial charge in [0.05, 0.1) is 0 Å². The Balaban J connectivity index is 3.04. The van der Waals surface area contributed by atoms with Crippen molar-refractivity contribution in [3.05, 3.63) is 29.1 Å². The Hall–Kier alpha value is -1.82. The van der Waals surface area contributed by atoms with Crippen LogP contribution >= 0.6 is 0 Å². The average molecular weight is 175 g/mol. The van der Waals surface area contributed by atoms with Gasteiger partial charge in [-0.05, 0) is 37.5 Å². The number of carboxylic acids is 1. The molecular weight excluding hydrogens is 166 g/mol. The number of nitrogens with zero attached hydrogens (tertiary/aromatic N) is 1. The van der Waals surface area contributed by atoms with E-state index in [1.165, 1.54) is 0 Å². The predicted octanol–water partition coefficient (Wildman–Crippen LogP) is 1.13. The third kappa shape index (κ3) is 2.96. The van der Waals surface area contributed by atoms with Gasteiger partial charge in [0, 0.05) is 11.6 Å². The molecule has 1 rings (SSSR count). The molecule has 0 atom stereocenters. The largest absolute Gasteiger partial charge is 0.472 e. The average Bonchev–Trinajstić information content (AvgIpc) is 1.99. The predicted molar refractivity (Wildman–Crippen MR) is 48.2 cm³/mol. The van der Waals surface area contributed by atoms with Gasteiger partial charge < -0.3 is 5.11 Å². The lowest BCUT2D eigenvalue weighted by atomic mass is 10.2. The van der Waals surface area contributed by atoms with Gasteiger partial charge in [-0.25, -0.2) is 9.78 Å². The topological polar surface area (TPSA) is 50.2 Å². The van der Waals surface area contributed by atoms with E-state index >= 15 is 0 Å². The molecule has 0 amide bonds. The van der Waals surface area contributed by atoms with Gasteiger partial charge in [0.15, 0.2) is 0 Å².